The van der Waals surface area contributed by atoms with Gasteiger partial charge < -0.3 is 19.3 Å². The Morgan fingerprint density at radius 1 is 1.28 bits per heavy atom. The van der Waals surface area contributed by atoms with E-state index in [-0.39, 0.29) is 23.2 Å². The molecule has 0 spiro atoms. The molecule has 1 aromatic rings. The Morgan fingerprint density at radius 2 is 1.97 bits per heavy atom. The van der Waals surface area contributed by atoms with Crippen molar-refractivity contribution in [2.24, 2.45) is 11.8 Å². The topological polar surface area (TPSA) is 82.1 Å². The van der Waals surface area contributed by atoms with Crippen molar-refractivity contribution in [1.29, 1.82) is 0 Å². The smallest absolute Gasteiger partial charge is 0.172 e. The van der Waals surface area contributed by atoms with Gasteiger partial charge in [-0.2, -0.15) is 0 Å². The Hall–Kier alpha value is -1.92. The first-order valence-corrected chi connectivity index (χ1v) is 10.5. The number of aliphatic hydroxyl groups is 1. The van der Waals surface area contributed by atoms with E-state index in [1.54, 1.807) is 6.07 Å². The fourth-order valence-electron chi connectivity index (χ4n) is 4.19. The van der Waals surface area contributed by atoms with Gasteiger partial charge in [-0.25, -0.2) is 0 Å². The Labute approximate surface area is 173 Å². The molecule has 2 rings (SSSR count). The van der Waals surface area contributed by atoms with Gasteiger partial charge in [-0.05, 0) is 49.7 Å². The number of aliphatic hydroxyl groups excluding tert-OH is 1. The summed E-state index contributed by atoms with van der Waals surface area (Å²) in [7, 11) is 2.97. The van der Waals surface area contributed by atoms with Crippen LogP contribution in [0.2, 0.25) is 0 Å². The van der Waals surface area contributed by atoms with Gasteiger partial charge in [0, 0.05) is 5.92 Å². The van der Waals surface area contributed by atoms with Crippen LogP contribution in [0.15, 0.2) is 6.07 Å². The molecular formula is C23H34O6. The number of carbonyl (C=O) groups excluding carboxylic acids is 2. The van der Waals surface area contributed by atoms with E-state index in [2.05, 4.69) is 13.8 Å². The monoisotopic (exact) mass is 406 g/mol. The van der Waals surface area contributed by atoms with Gasteiger partial charge in [0.15, 0.2) is 18.4 Å². The molecule has 1 heterocycles. The fraction of sp³-hybridized carbons (Fsp3) is 0.652. The number of ether oxygens (including phenoxy) is 3. The lowest BCUT2D eigenvalue weighted by atomic mass is 9.83. The molecule has 0 bridgehead atoms. The summed E-state index contributed by atoms with van der Waals surface area (Å²) in [5.41, 5.74) is 1.46. The molecule has 1 saturated heterocycles. The van der Waals surface area contributed by atoms with Crippen LogP contribution in [0.1, 0.15) is 79.2 Å². The Kier molecular flexibility index (Phi) is 8.65. The second-order valence-electron chi connectivity index (χ2n) is 8.10. The van der Waals surface area contributed by atoms with Crippen LogP contribution in [0.3, 0.4) is 0 Å². The van der Waals surface area contributed by atoms with E-state index in [0.717, 1.165) is 24.8 Å². The zero-order valence-corrected chi connectivity index (χ0v) is 18.2. The van der Waals surface area contributed by atoms with Crippen LogP contribution >= 0.6 is 0 Å². The maximum Gasteiger partial charge on any atom is 0.172 e. The fourth-order valence-corrected chi connectivity index (χ4v) is 4.19. The van der Waals surface area contributed by atoms with Crippen molar-refractivity contribution in [1.82, 2.24) is 0 Å². The molecule has 0 saturated carbocycles. The van der Waals surface area contributed by atoms with E-state index in [1.807, 2.05) is 6.92 Å². The average Bonchev–Trinajstić information content (AvgIpc) is 2.69. The quantitative estimate of drug-likeness (QED) is 0.463. The third kappa shape index (κ3) is 5.37. The van der Waals surface area contributed by atoms with Gasteiger partial charge in [0.05, 0.1) is 31.5 Å². The summed E-state index contributed by atoms with van der Waals surface area (Å²) in [5.74, 6) is 0.510. The standard InChI is InChI=1S/C23H34O6/c1-6-8-16(19-9-7-10-20(25)29-19)21(26)17-12-15(11-14(2)3)22(27-4)18(13-24)23(17)28-5/h12-14,16,19-20,25H,6-11H2,1-5H3/t16-,19+,20?/m0/s1. The molecule has 1 N–H and O–H groups in total. The highest BCUT2D eigenvalue weighted by Gasteiger charge is 2.35. The summed E-state index contributed by atoms with van der Waals surface area (Å²) in [4.78, 5) is 25.5. The number of aldehydes is 1. The molecule has 1 unspecified atom stereocenters. The van der Waals surface area contributed by atoms with E-state index in [1.165, 1.54) is 14.2 Å². The third-order valence-corrected chi connectivity index (χ3v) is 5.42. The van der Waals surface area contributed by atoms with Crippen LogP contribution in [0, 0.1) is 11.8 Å². The van der Waals surface area contributed by atoms with Gasteiger partial charge in [-0.3, -0.25) is 9.59 Å². The number of Topliss-reactive ketones (excluding diaryl/α,β-unsaturated/α-hetero) is 1. The zero-order chi connectivity index (χ0) is 21.6. The number of methoxy groups -OCH3 is 2. The number of benzene rings is 1. The largest absolute Gasteiger partial charge is 0.496 e. The number of ketones is 1. The predicted octanol–water partition coefficient (Wildman–Crippen LogP) is 4.20. The molecule has 0 aromatic heterocycles. The van der Waals surface area contributed by atoms with Crippen molar-refractivity contribution in [3.05, 3.63) is 22.8 Å². The molecule has 29 heavy (non-hydrogen) atoms. The molecule has 162 valence electrons. The van der Waals surface area contributed by atoms with Crippen molar-refractivity contribution in [3.63, 3.8) is 0 Å². The molecule has 0 aliphatic carbocycles. The lowest BCUT2D eigenvalue weighted by molar-refractivity contribution is -0.173. The van der Waals surface area contributed by atoms with Crippen LogP contribution in [-0.4, -0.2) is 43.8 Å². The van der Waals surface area contributed by atoms with Crippen LogP contribution < -0.4 is 9.47 Å². The molecule has 6 heteroatoms. The minimum atomic E-state index is -0.833. The van der Waals surface area contributed by atoms with Crippen molar-refractivity contribution < 1.29 is 28.9 Å². The van der Waals surface area contributed by atoms with Crippen LogP contribution in [0.5, 0.6) is 11.5 Å². The summed E-state index contributed by atoms with van der Waals surface area (Å²) in [5, 5.41) is 9.92. The minimum Gasteiger partial charge on any atom is -0.496 e. The van der Waals surface area contributed by atoms with Crippen LogP contribution in [0.4, 0.5) is 0 Å². The van der Waals surface area contributed by atoms with Crippen molar-refractivity contribution >= 4 is 12.1 Å². The maximum atomic E-state index is 13.6. The first-order chi connectivity index (χ1) is 13.9. The first-order valence-electron chi connectivity index (χ1n) is 10.5. The Bertz CT molecular complexity index is 712. The summed E-state index contributed by atoms with van der Waals surface area (Å²) in [6.45, 7) is 6.16. The number of carbonyl (C=O) groups is 2. The SMILES string of the molecule is CCC[C@H](C(=O)c1cc(CC(C)C)c(OC)c(C=O)c1OC)[C@H]1CCCC(O)O1. The van der Waals surface area contributed by atoms with Gasteiger partial charge in [0.1, 0.15) is 11.5 Å². The van der Waals surface area contributed by atoms with E-state index in [0.29, 0.717) is 42.8 Å². The summed E-state index contributed by atoms with van der Waals surface area (Å²) < 4.78 is 16.7. The van der Waals surface area contributed by atoms with E-state index >= 15 is 0 Å². The second-order valence-corrected chi connectivity index (χ2v) is 8.10. The summed E-state index contributed by atoms with van der Waals surface area (Å²) in [6, 6.07) is 1.80. The van der Waals surface area contributed by atoms with Gasteiger partial charge in [-0.15, -0.1) is 0 Å². The maximum absolute atomic E-state index is 13.6. The lowest BCUT2D eigenvalue weighted by Gasteiger charge is -2.32. The summed E-state index contributed by atoms with van der Waals surface area (Å²) in [6.07, 6.45) is 3.77. The van der Waals surface area contributed by atoms with Gasteiger partial charge in [0.25, 0.3) is 0 Å². The Morgan fingerprint density at radius 3 is 2.48 bits per heavy atom. The van der Waals surface area contributed by atoms with Crippen LogP contribution in [-0.2, 0) is 11.2 Å². The molecule has 1 fully saturated rings. The normalized spacial score (nSPS) is 20.4. The number of rotatable bonds is 10. The van der Waals surface area contributed by atoms with E-state index < -0.39 is 12.2 Å². The highest BCUT2D eigenvalue weighted by molar-refractivity contribution is 6.04. The molecule has 0 radical (unpaired) electrons. The molecule has 0 amide bonds. The van der Waals surface area contributed by atoms with Gasteiger partial charge >= 0.3 is 0 Å². The Balaban J connectivity index is 2.56. The van der Waals surface area contributed by atoms with Crippen molar-refractivity contribution in [3.8, 4) is 11.5 Å². The summed E-state index contributed by atoms with van der Waals surface area (Å²) >= 11 is 0. The van der Waals surface area contributed by atoms with Crippen LogP contribution in [0.25, 0.3) is 0 Å². The second kappa shape index (κ2) is 10.7. The predicted molar refractivity (Wildman–Crippen MR) is 111 cm³/mol. The minimum absolute atomic E-state index is 0.112. The van der Waals surface area contributed by atoms with Crippen molar-refractivity contribution in [2.45, 2.75) is 71.7 Å². The molecule has 1 aliphatic heterocycles. The average molecular weight is 407 g/mol. The van der Waals surface area contributed by atoms with E-state index in [9.17, 15) is 14.7 Å². The number of hydrogen-bond acceptors (Lipinski definition) is 6. The first kappa shape index (κ1) is 23.4. The third-order valence-electron chi connectivity index (χ3n) is 5.42. The van der Waals surface area contributed by atoms with Gasteiger partial charge in [0.2, 0.25) is 0 Å². The molecular weight excluding hydrogens is 372 g/mol. The molecule has 6 nitrogen and oxygen atoms in total. The zero-order valence-electron chi connectivity index (χ0n) is 18.2. The van der Waals surface area contributed by atoms with Gasteiger partial charge in [-0.1, -0.05) is 27.2 Å². The van der Waals surface area contributed by atoms with E-state index in [4.69, 9.17) is 14.2 Å². The highest BCUT2D eigenvalue weighted by atomic mass is 16.6. The number of hydrogen-bond donors (Lipinski definition) is 1. The highest BCUT2D eigenvalue weighted by Crippen LogP contribution is 2.39. The molecule has 1 aliphatic rings. The molecule has 1 aromatic carbocycles. The molecule has 3 atom stereocenters. The lowest BCUT2D eigenvalue weighted by Crippen LogP contribution is -2.37. The van der Waals surface area contributed by atoms with Crippen molar-refractivity contribution in [2.75, 3.05) is 14.2 Å².